The Balaban J connectivity index is 2.25. The fourth-order valence-corrected chi connectivity index (χ4v) is 2.05. The first-order valence-corrected chi connectivity index (χ1v) is 5.79. The normalized spacial score (nSPS) is 10.6. The van der Waals surface area contributed by atoms with Gasteiger partial charge in [-0.1, -0.05) is 11.6 Å². The summed E-state index contributed by atoms with van der Waals surface area (Å²) in [6, 6.07) is 7.65. The summed E-state index contributed by atoms with van der Waals surface area (Å²) < 4.78 is 18.8. The molecule has 0 saturated heterocycles. The highest BCUT2D eigenvalue weighted by Crippen LogP contribution is 2.31. The molecule has 5 heteroatoms. The highest BCUT2D eigenvalue weighted by atomic mass is 35.5. The van der Waals surface area contributed by atoms with Gasteiger partial charge in [-0.15, -0.1) is 0 Å². The molecule has 0 unspecified atom stereocenters. The Morgan fingerprint density at radius 2 is 2.11 bits per heavy atom. The molecular formula is C14H6ClFN2O. The fourth-order valence-electron chi connectivity index (χ4n) is 1.91. The lowest BCUT2D eigenvalue weighted by atomic mass is 10.0. The van der Waals surface area contributed by atoms with Gasteiger partial charge in [-0.2, -0.15) is 5.26 Å². The first kappa shape index (κ1) is 11.7. The maximum atomic E-state index is 13.4. The van der Waals surface area contributed by atoms with E-state index in [9.17, 15) is 4.39 Å². The molecule has 1 aromatic carbocycles. The quantitative estimate of drug-likeness (QED) is 0.668. The van der Waals surface area contributed by atoms with Gasteiger partial charge in [0, 0.05) is 17.8 Å². The smallest absolute Gasteiger partial charge is 0.154 e. The third-order valence-corrected chi connectivity index (χ3v) is 2.92. The molecule has 0 aliphatic heterocycles. The van der Waals surface area contributed by atoms with Gasteiger partial charge >= 0.3 is 0 Å². The maximum absolute atomic E-state index is 13.4. The van der Waals surface area contributed by atoms with Gasteiger partial charge in [-0.05, 0) is 23.8 Å². The fraction of sp³-hybridized carbons (Fsp3) is 0. The number of furan rings is 1. The Kier molecular flexibility index (Phi) is 2.69. The van der Waals surface area contributed by atoms with Gasteiger partial charge in [0.2, 0.25) is 0 Å². The molecule has 3 nitrogen and oxygen atoms in total. The highest BCUT2D eigenvalue weighted by molar-refractivity contribution is 6.31. The molecule has 3 rings (SSSR count). The number of aromatic nitrogens is 1. The van der Waals surface area contributed by atoms with E-state index in [-0.39, 0.29) is 5.56 Å². The van der Waals surface area contributed by atoms with Crippen molar-refractivity contribution in [3.8, 4) is 17.2 Å². The summed E-state index contributed by atoms with van der Waals surface area (Å²) in [4.78, 5) is 4.17. The zero-order valence-electron chi connectivity index (χ0n) is 9.52. The van der Waals surface area contributed by atoms with E-state index in [4.69, 9.17) is 21.3 Å². The van der Waals surface area contributed by atoms with Crippen molar-refractivity contribution < 1.29 is 8.81 Å². The van der Waals surface area contributed by atoms with Crippen LogP contribution in [-0.4, -0.2) is 4.98 Å². The molecule has 19 heavy (non-hydrogen) atoms. The van der Waals surface area contributed by atoms with Crippen molar-refractivity contribution in [3.63, 3.8) is 0 Å². The molecule has 2 aromatic heterocycles. The van der Waals surface area contributed by atoms with Crippen molar-refractivity contribution in [1.29, 1.82) is 5.26 Å². The number of halogens is 2. The Morgan fingerprint density at radius 3 is 2.89 bits per heavy atom. The average molecular weight is 273 g/mol. The topological polar surface area (TPSA) is 49.8 Å². The van der Waals surface area contributed by atoms with Crippen molar-refractivity contribution in [3.05, 3.63) is 53.1 Å². The summed E-state index contributed by atoms with van der Waals surface area (Å²) in [5.41, 5.74) is 2.52. The summed E-state index contributed by atoms with van der Waals surface area (Å²) >= 11 is 5.82. The number of hydrogen-bond acceptors (Lipinski definition) is 3. The standard InChI is InChI=1S/C14H6ClFN2O/c15-10-4-13-14(18-6-10)12(7-19-13)9-1-8(5-17)2-11(16)3-9/h1-4,6-7H. The zero-order chi connectivity index (χ0) is 13.4. The molecule has 0 spiro atoms. The van der Waals surface area contributed by atoms with Crippen molar-refractivity contribution in [2.75, 3.05) is 0 Å². The van der Waals surface area contributed by atoms with E-state index < -0.39 is 5.82 Å². The number of rotatable bonds is 1. The summed E-state index contributed by atoms with van der Waals surface area (Å²) in [7, 11) is 0. The van der Waals surface area contributed by atoms with E-state index in [1.54, 1.807) is 12.1 Å². The van der Waals surface area contributed by atoms with Crippen molar-refractivity contribution in [1.82, 2.24) is 4.98 Å². The zero-order valence-corrected chi connectivity index (χ0v) is 10.3. The molecule has 0 N–H and O–H groups in total. The van der Waals surface area contributed by atoms with Crippen molar-refractivity contribution >= 4 is 22.7 Å². The number of benzene rings is 1. The monoisotopic (exact) mass is 272 g/mol. The Labute approximate surface area is 112 Å². The molecule has 2 heterocycles. The van der Waals surface area contributed by atoms with Crippen LogP contribution in [0.25, 0.3) is 22.2 Å². The third kappa shape index (κ3) is 2.05. The molecule has 0 aliphatic rings. The Morgan fingerprint density at radius 1 is 1.26 bits per heavy atom. The van der Waals surface area contributed by atoms with E-state index in [0.717, 1.165) is 0 Å². The van der Waals surface area contributed by atoms with Crippen molar-refractivity contribution in [2.24, 2.45) is 0 Å². The lowest BCUT2D eigenvalue weighted by Crippen LogP contribution is -1.84. The third-order valence-electron chi connectivity index (χ3n) is 2.72. The van der Waals surface area contributed by atoms with Crippen molar-refractivity contribution in [2.45, 2.75) is 0 Å². The molecule has 0 saturated carbocycles. The van der Waals surface area contributed by atoms with Gasteiger partial charge in [-0.25, -0.2) is 4.39 Å². The summed E-state index contributed by atoms with van der Waals surface area (Å²) in [6.07, 6.45) is 2.97. The minimum absolute atomic E-state index is 0.248. The molecule has 0 bridgehead atoms. The van der Waals surface area contributed by atoms with E-state index in [2.05, 4.69) is 4.98 Å². The van der Waals surface area contributed by atoms with E-state index in [1.165, 1.54) is 24.6 Å². The Hall–Kier alpha value is -2.38. The lowest BCUT2D eigenvalue weighted by Gasteiger charge is -2.00. The number of nitrogens with zero attached hydrogens (tertiary/aromatic N) is 2. The van der Waals surface area contributed by atoms with Crippen LogP contribution in [0, 0.1) is 17.1 Å². The molecule has 0 amide bonds. The summed E-state index contributed by atoms with van der Waals surface area (Å²) in [6.45, 7) is 0. The minimum atomic E-state index is -0.475. The molecule has 0 radical (unpaired) electrons. The average Bonchev–Trinajstić information content (AvgIpc) is 2.80. The molecule has 0 aliphatic carbocycles. The minimum Gasteiger partial charge on any atom is -0.462 e. The van der Waals surface area contributed by atoms with Gasteiger partial charge < -0.3 is 4.42 Å². The second-order valence-electron chi connectivity index (χ2n) is 3.99. The van der Waals surface area contributed by atoms with Crippen LogP contribution in [0.15, 0.2) is 41.1 Å². The van der Waals surface area contributed by atoms with Crippen LogP contribution >= 0.6 is 11.6 Å². The first-order chi connectivity index (χ1) is 9.17. The van der Waals surface area contributed by atoms with Crippen LogP contribution in [0.5, 0.6) is 0 Å². The highest BCUT2D eigenvalue weighted by Gasteiger charge is 2.11. The van der Waals surface area contributed by atoms with Gasteiger partial charge in [0.05, 0.1) is 16.7 Å². The van der Waals surface area contributed by atoms with Crippen LogP contribution < -0.4 is 0 Å². The predicted octanol–water partition coefficient (Wildman–Crippen LogP) is 4.16. The van der Waals surface area contributed by atoms with E-state index >= 15 is 0 Å². The van der Waals surface area contributed by atoms with Gasteiger partial charge in [0.15, 0.2) is 5.58 Å². The Bertz CT molecular complexity index is 820. The lowest BCUT2D eigenvalue weighted by molar-refractivity contribution is 0.616. The van der Waals surface area contributed by atoms with Crippen LogP contribution in [0.4, 0.5) is 4.39 Å². The number of pyridine rings is 1. The maximum Gasteiger partial charge on any atom is 0.154 e. The largest absolute Gasteiger partial charge is 0.462 e. The first-order valence-electron chi connectivity index (χ1n) is 5.41. The summed E-state index contributed by atoms with van der Waals surface area (Å²) in [5.74, 6) is -0.475. The van der Waals surface area contributed by atoms with Gasteiger partial charge in [-0.3, -0.25) is 4.98 Å². The summed E-state index contributed by atoms with van der Waals surface area (Å²) in [5, 5.41) is 9.32. The molecule has 3 aromatic rings. The molecule has 0 atom stereocenters. The van der Waals surface area contributed by atoms with Crippen LogP contribution in [-0.2, 0) is 0 Å². The predicted molar refractivity (Wildman–Crippen MR) is 69.1 cm³/mol. The van der Waals surface area contributed by atoms with E-state index in [0.29, 0.717) is 27.2 Å². The second-order valence-corrected chi connectivity index (χ2v) is 4.43. The molecule has 92 valence electrons. The van der Waals surface area contributed by atoms with E-state index in [1.807, 2.05) is 6.07 Å². The van der Waals surface area contributed by atoms with Crippen LogP contribution in [0.2, 0.25) is 5.02 Å². The van der Waals surface area contributed by atoms with Gasteiger partial charge in [0.25, 0.3) is 0 Å². The number of fused-ring (bicyclic) bond motifs is 1. The molecule has 0 fully saturated rings. The SMILES string of the molecule is N#Cc1cc(F)cc(-c2coc3cc(Cl)cnc23)c1. The van der Waals surface area contributed by atoms with Crippen LogP contribution in [0.1, 0.15) is 5.56 Å². The number of nitriles is 1. The molecular weight excluding hydrogens is 267 g/mol. The van der Waals surface area contributed by atoms with Crippen LogP contribution in [0.3, 0.4) is 0 Å². The van der Waals surface area contributed by atoms with Gasteiger partial charge in [0.1, 0.15) is 17.6 Å². The number of hydrogen-bond donors (Lipinski definition) is 0. The second kappa shape index (κ2) is 4.38.